The van der Waals surface area contributed by atoms with Crippen LogP contribution in [0.15, 0.2) is 91.1 Å². The molecule has 4 heteroatoms. The standard InChI is InChI=1S/C20H15N2OP/c23-24(16-9-3-1-4-10-16,17-11-5-2-6-12-17)20-15-21-18-13-7-8-14-19(18)22-20/h1-15H. The molecule has 3 nitrogen and oxygen atoms in total. The second kappa shape index (κ2) is 6.03. The summed E-state index contributed by atoms with van der Waals surface area (Å²) < 4.78 is 14.2. The Bertz CT molecular complexity index is 989. The van der Waals surface area contributed by atoms with Gasteiger partial charge in [-0.3, -0.25) is 4.98 Å². The molecule has 4 aromatic rings. The highest BCUT2D eigenvalue weighted by Gasteiger charge is 2.31. The minimum Gasteiger partial charge on any atom is -0.307 e. The van der Waals surface area contributed by atoms with Crippen molar-refractivity contribution in [3.8, 4) is 0 Å². The molecule has 1 heterocycles. The number of benzene rings is 3. The number of para-hydroxylation sites is 2. The van der Waals surface area contributed by atoms with Gasteiger partial charge < -0.3 is 4.57 Å². The topological polar surface area (TPSA) is 42.9 Å². The Morgan fingerprint density at radius 1 is 0.625 bits per heavy atom. The molecule has 0 aliphatic rings. The largest absolute Gasteiger partial charge is 0.307 e. The first-order valence-electron chi connectivity index (χ1n) is 7.72. The average molecular weight is 330 g/mol. The highest BCUT2D eigenvalue weighted by molar-refractivity contribution is 7.85. The third-order valence-corrected chi connectivity index (χ3v) is 6.91. The Kier molecular flexibility index (Phi) is 3.72. The molecule has 116 valence electrons. The highest BCUT2D eigenvalue weighted by atomic mass is 31.2. The van der Waals surface area contributed by atoms with Crippen molar-refractivity contribution in [2.45, 2.75) is 0 Å². The zero-order valence-electron chi connectivity index (χ0n) is 12.9. The third-order valence-electron chi connectivity index (χ3n) is 4.00. The molecule has 0 radical (unpaired) electrons. The predicted molar refractivity (Wildman–Crippen MR) is 98.9 cm³/mol. The summed E-state index contributed by atoms with van der Waals surface area (Å²) in [5.41, 5.74) is 2.06. The van der Waals surface area contributed by atoms with Gasteiger partial charge >= 0.3 is 0 Å². The molecule has 0 amide bonds. The zero-order valence-corrected chi connectivity index (χ0v) is 13.8. The van der Waals surface area contributed by atoms with Gasteiger partial charge in [-0.15, -0.1) is 0 Å². The lowest BCUT2D eigenvalue weighted by molar-refractivity contribution is 0.592. The molecule has 0 spiro atoms. The average Bonchev–Trinajstić information content (AvgIpc) is 2.68. The molecular weight excluding hydrogens is 315 g/mol. The van der Waals surface area contributed by atoms with Crippen molar-refractivity contribution in [3.05, 3.63) is 91.1 Å². The predicted octanol–water partition coefficient (Wildman–Crippen LogP) is 3.27. The second-order valence-corrected chi connectivity index (χ2v) is 8.21. The number of hydrogen-bond acceptors (Lipinski definition) is 3. The molecule has 24 heavy (non-hydrogen) atoms. The van der Waals surface area contributed by atoms with Crippen molar-refractivity contribution in [1.29, 1.82) is 0 Å². The van der Waals surface area contributed by atoms with E-state index in [0.717, 1.165) is 21.6 Å². The molecule has 0 atom stereocenters. The van der Waals surface area contributed by atoms with E-state index < -0.39 is 7.14 Å². The summed E-state index contributed by atoms with van der Waals surface area (Å²) >= 11 is 0. The van der Waals surface area contributed by atoms with Crippen molar-refractivity contribution in [1.82, 2.24) is 9.97 Å². The van der Waals surface area contributed by atoms with Crippen LogP contribution >= 0.6 is 7.14 Å². The fourth-order valence-corrected chi connectivity index (χ4v) is 5.27. The van der Waals surface area contributed by atoms with Crippen LogP contribution in [0.1, 0.15) is 0 Å². The van der Waals surface area contributed by atoms with Crippen LogP contribution in [-0.2, 0) is 4.57 Å². The minimum absolute atomic E-state index is 0.513. The van der Waals surface area contributed by atoms with E-state index in [1.807, 2.05) is 84.9 Å². The molecule has 0 aliphatic heterocycles. The quantitative estimate of drug-likeness (QED) is 0.542. The smallest absolute Gasteiger partial charge is 0.190 e. The molecule has 0 N–H and O–H groups in total. The van der Waals surface area contributed by atoms with Crippen molar-refractivity contribution in [3.63, 3.8) is 0 Å². The van der Waals surface area contributed by atoms with Crippen LogP contribution in [-0.4, -0.2) is 9.97 Å². The SMILES string of the molecule is O=P(c1ccccc1)(c1ccccc1)c1cnc2ccccc2n1. The van der Waals surface area contributed by atoms with Gasteiger partial charge in [0.05, 0.1) is 17.2 Å². The van der Waals surface area contributed by atoms with Gasteiger partial charge in [-0.2, -0.15) is 0 Å². The van der Waals surface area contributed by atoms with Gasteiger partial charge in [-0.05, 0) is 12.1 Å². The lowest BCUT2D eigenvalue weighted by Crippen LogP contribution is -2.27. The van der Waals surface area contributed by atoms with E-state index in [2.05, 4.69) is 9.97 Å². The second-order valence-electron chi connectivity index (χ2n) is 5.50. The zero-order chi connectivity index (χ0) is 16.4. The van der Waals surface area contributed by atoms with Gasteiger partial charge in [-0.25, -0.2) is 4.98 Å². The van der Waals surface area contributed by atoms with E-state index in [0.29, 0.717) is 5.44 Å². The molecule has 3 aromatic carbocycles. The number of nitrogens with zero attached hydrogens (tertiary/aromatic N) is 2. The summed E-state index contributed by atoms with van der Waals surface area (Å²) in [4.78, 5) is 9.14. The van der Waals surface area contributed by atoms with Crippen LogP contribution in [0, 0.1) is 0 Å². The van der Waals surface area contributed by atoms with E-state index in [-0.39, 0.29) is 0 Å². The van der Waals surface area contributed by atoms with Crippen molar-refractivity contribution in [2.75, 3.05) is 0 Å². The Morgan fingerprint density at radius 3 is 1.71 bits per heavy atom. The summed E-state index contributed by atoms with van der Waals surface area (Å²) in [7, 11) is -3.05. The first-order valence-corrected chi connectivity index (χ1v) is 9.43. The first-order chi connectivity index (χ1) is 11.8. The van der Waals surface area contributed by atoms with Crippen molar-refractivity contribution >= 4 is 34.2 Å². The molecule has 0 saturated heterocycles. The van der Waals surface area contributed by atoms with E-state index in [4.69, 9.17) is 0 Å². The van der Waals surface area contributed by atoms with Gasteiger partial charge in [-0.1, -0.05) is 72.8 Å². The van der Waals surface area contributed by atoms with E-state index in [9.17, 15) is 4.57 Å². The first kappa shape index (κ1) is 14.8. The number of rotatable bonds is 3. The Morgan fingerprint density at radius 2 is 1.12 bits per heavy atom. The van der Waals surface area contributed by atoms with Gasteiger partial charge in [0.1, 0.15) is 5.44 Å². The summed E-state index contributed by atoms with van der Waals surface area (Å²) in [5, 5.41) is 1.53. The van der Waals surface area contributed by atoms with E-state index >= 15 is 0 Å². The molecule has 4 rings (SSSR count). The fraction of sp³-hybridized carbons (Fsp3) is 0. The van der Waals surface area contributed by atoms with Crippen molar-refractivity contribution < 1.29 is 4.57 Å². The van der Waals surface area contributed by atoms with E-state index in [1.54, 1.807) is 6.20 Å². The molecule has 0 unspecified atom stereocenters. The maximum Gasteiger partial charge on any atom is 0.190 e. The maximum absolute atomic E-state index is 14.2. The molecular formula is C20H15N2OP. The lowest BCUT2D eigenvalue weighted by Gasteiger charge is -2.18. The Labute approximate surface area is 140 Å². The summed E-state index contributed by atoms with van der Waals surface area (Å²) in [6, 6.07) is 26.7. The van der Waals surface area contributed by atoms with Crippen LogP contribution in [0.2, 0.25) is 0 Å². The van der Waals surface area contributed by atoms with Crippen LogP contribution in [0.5, 0.6) is 0 Å². The number of hydrogen-bond donors (Lipinski definition) is 0. The molecule has 0 fully saturated rings. The maximum atomic E-state index is 14.2. The fourth-order valence-electron chi connectivity index (χ4n) is 2.79. The van der Waals surface area contributed by atoms with Gasteiger partial charge in [0.25, 0.3) is 0 Å². The number of aromatic nitrogens is 2. The Balaban J connectivity index is 2.00. The van der Waals surface area contributed by atoms with Crippen LogP contribution < -0.4 is 16.0 Å². The lowest BCUT2D eigenvalue weighted by atomic mass is 10.3. The number of fused-ring (bicyclic) bond motifs is 1. The van der Waals surface area contributed by atoms with Crippen LogP contribution in [0.25, 0.3) is 11.0 Å². The molecule has 0 aliphatic carbocycles. The molecule has 0 saturated carbocycles. The van der Waals surface area contributed by atoms with Crippen LogP contribution in [0.4, 0.5) is 0 Å². The van der Waals surface area contributed by atoms with Gasteiger partial charge in [0.2, 0.25) is 0 Å². The minimum atomic E-state index is -3.05. The van der Waals surface area contributed by atoms with Gasteiger partial charge in [0.15, 0.2) is 7.14 Å². The highest BCUT2D eigenvalue weighted by Crippen LogP contribution is 2.41. The Hall–Kier alpha value is -2.77. The summed E-state index contributed by atoms with van der Waals surface area (Å²) in [6.45, 7) is 0. The summed E-state index contributed by atoms with van der Waals surface area (Å²) in [5.74, 6) is 0. The molecule has 1 aromatic heterocycles. The normalized spacial score (nSPS) is 11.5. The van der Waals surface area contributed by atoms with Gasteiger partial charge in [0, 0.05) is 10.6 Å². The monoisotopic (exact) mass is 330 g/mol. The third kappa shape index (κ3) is 2.44. The molecule has 0 bridgehead atoms. The van der Waals surface area contributed by atoms with E-state index in [1.165, 1.54) is 0 Å². The van der Waals surface area contributed by atoms with Crippen LogP contribution in [0.3, 0.4) is 0 Å². The van der Waals surface area contributed by atoms with Crippen molar-refractivity contribution in [2.24, 2.45) is 0 Å². The summed E-state index contributed by atoms with van der Waals surface area (Å²) in [6.07, 6.45) is 1.64.